The summed E-state index contributed by atoms with van der Waals surface area (Å²) in [5.74, 6) is -7.63. The minimum atomic E-state index is -2.72. The van der Waals surface area contributed by atoms with E-state index in [1.54, 1.807) is 39.2 Å². The molecule has 222 valence electrons. The average Bonchev–Trinajstić information content (AvgIpc) is 2.85. The van der Waals surface area contributed by atoms with Crippen molar-refractivity contribution in [2.45, 2.75) is 37.3 Å². The van der Waals surface area contributed by atoms with Gasteiger partial charge in [0.05, 0.1) is 17.2 Å². The summed E-state index contributed by atoms with van der Waals surface area (Å²) in [6, 6.07) is 0.498. The monoisotopic (exact) mass is 570 g/mol. The van der Waals surface area contributed by atoms with Crippen LogP contribution in [0.1, 0.15) is 45.5 Å². The second kappa shape index (κ2) is 10.6. The van der Waals surface area contributed by atoms with Crippen molar-refractivity contribution in [3.63, 3.8) is 0 Å². The third-order valence-corrected chi connectivity index (χ3v) is 8.49. The third kappa shape index (κ3) is 4.59. The Bertz CT molecular complexity index is 1410. The number of benzene rings is 1. The zero-order valence-electron chi connectivity index (χ0n) is 24.2. The number of aliphatic hydroxyl groups excluding tert-OH is 2. The Morgan fingerprint density at radius 1 is 1.07 bits per heavy atom. The fraction of sp³-hybridized carbons (Fsp3) is 0.517. The maximum Gasteiger partial charge on any atom is 0.255 e. The number of aliphatic hydroxyl groups is 3. The van der Waals surface area contributed by atoms with Crippen molar-refractivity contribution in [2.24, 2.45) is 17.6 Å². The quantitative estimate of drug-likeness (QED) is 0.219. The fourth-order valence-corrected chi connectivity index (χ4v) is 6.60. The van der Waals surface area contributed by atoms with Crippen LogP contribution in [0.3, 0.4) is 0 Å². The molecule has 12 heteroatoms. The molecule has 41 heavy (non-hydrogen) atoms. The van der Waals surface area contributed by atoms with Crippen LogP contribution in [0.2, 0.25) is 0 Å². The van der Waals surface area contributed by atoms with Crippen molar-refractivity contribution in [2.75, 3.05) is 53.7 Å². The van der Waals surface area contributed by atoms with Crippen molar-refractivity contribution >= 4 is 28.9 Å². The highest BCUT2D eigenvalue weighted by Gasteiger charge is 2.63. The summed E-state index contributed by atoms with van der Waals surface area (Å²) in [7, 11) is 10.4. The molecule has 1 aromatic carbocycles. The van der Waals surface area contributed by atoms with Gasteiger partial charge in [-0.3, -0.25) is 24.1 Å². The van der Waals surface area contributed by atoms with E-state index in [0.29, 0.717) is 24.2 Å². The van der Waals surface area contributed by atoms with Gasteiger partial charge in [0.15, 0.2) is 17.2 Å². The summed E-state index contributed by atoms with van der Waals surface area (Å²) in [5.41, 5.74) is 2.35. The van der Waals surface area contributed by atoms with Gasteiger partial charge in [-0.15, -0.1) is 0 Å². The molecule has 0 spiro atoms. The van der Waals surface area contributed by atoms with Gasteiger partial charge >= 0.3 is 0 Å². The predicted molar refractivity (Wildman–Crippen MR) is 150 cm³/mol. The Hall–Kier alpha value is -3.74. The first-order valence-electron chi connectivity index (χ1n) is 13.4. The van der Waals surface area contributed by atoms with Gasteiger partial charge in [-0.05, 0) is 71.5 Å². The normalized spacial score (nSPS) is 25.8. The minimum Gasteiger partial charge on any atom is -0.510 e. The summed E-state index contributed by atoms with van der Waals surface area (Å²) in [5, 5.41) is 45.4. The zero-order chi connectivity index (χ0) is 30.7. The largest absolute Gasteiger partial charge is 0.510 e. The molecule has 4 atom stereocenters. The van der Waals surface area contributed by atoms with Crippen molar-refractivity contribution < 1.29 is 39.6 Å². The van der Waals surface area contributed by atoms with Gasteiger partial charge in [-0.1, -0.05) is 0 Å². The first kappa shape index (κ1) is 30.2. The zero-order valence-corrected chi connectivity index (χ0v) is 24.2. The lowest BCUT2D eigenvalue weighted by Gasteiger charge is -2.50. The number of allylic oxidation sites excluding steroid dienone is 1. The molecule has 0 bridgehead atoms. The van der Waals surface area contributed by atoms with E-state index >= 15 is 0 Å². The molecule has 0 heterocycles. The molecule has 0 fully saturated rings. The van der Waals surface area contributed by atoms with E-state index in [0.717, 1.165) is 0 Å². The molecule has 0 radical (unpaired) electrons. The summed E-state index contributed by atoms with van der Waals surface area (Å²) >= 11 is 0. The van der Waals surface area contributed by atoms with Crippen LogP contribution >= 0.6 is 0 Å². The van der Waals surface area contributed by atoms with Crippen LogP contribution in [0.25, 0.3) is 0 Å². The Kier molecular flexibility index (Phi) is 7.80. The molecule has 0 aromatic heterocycles. The van der Waals surface area contributed by atoms with Crippen LogP contribution in [-0.2, 0) is 16.0 Å². The van der Waals surface area contributed by atoms with Gasteiger partial charge in [0.2, 0.25) is 5.78 Å². The van der Waals surface area contributed by atoms with Gasteiger partial charge in [-0.25, -0.2) is 0 Å². The number of nitrogens with two attached hydrogens (primary N) is 1. The van der Waals surface area contributed by atoms with Crippen LogP contribution in [0.15, 0.2) is 28.7 Å². The number of primary amides is 1. The number of phenolic OH excluding ortho intramolecular Hbond substituents is 1. The molecule has 1 aromatic rings. The number of carbonyl (C=O) groups excluding carboxylic acids is 4. The lowest BCUT2D eigenvalue weighted by atomic mass is 9.58. The molecule has 0 saturated heterocycles. The Labute approximate surface area is 238 Å². The van der Waals surface area contributed by atoms with E-state index in [2.05, 4.69) is 0 Å². The Morgan fingerprint density at radius 3 is 2.24 bits per heavy atom. The maximum atomic E-state index is 14.1. The van der Waals surface area contributed by atoms with Crippen molar-refractivity contribution in [3.05, 3.63) is 45.4 Å². The average molecular weight is 571 g/mol. The number of hydrogen-bond donors (Lipinski definition) is 5. The molecular weight excluding hydrogens is 532 g/mol. The lowest BCUT2D eigenvalue weighted by molar-refractivity contribution is -0.148. The molecule has 3 unspecified atom stereocenters. The number of rotatable bonds is 8. The fourth-order valence-electron chi connectivity index (χ4n) is 6.60. The number of anilines is 1. The molecule has 1 amide bonds. The lowest BCUT2D eigenvalue weighted by Crippen LogP contribution is -2.63. The second-order valence-electron chi connectivity index (χ2n) is 11.8. The number of nitrogens with zero attached hydrogens (tertiary/aromatic N) is 3. The molecule has 0 saturated carbocycles. The number of likely N-dealkylation sites (N-methyl/N-ethyl adjacent to an activating group) is 1. The van der Waals surface area contributed by atoms with Gasteiger partial charge < -0.3 is 36.0 Å². The Morgan fingerprint density at radius 2 is 1.71 bits per heavy atom. The van der Waals surface area contributed by atoms with Crippen LogP contribution in [0.5, 0.6) is 5.75 Å². The first-order valence-corrected chi connectivity index (χ1v) is 13.4. The summed E-state index contributed by atoms with van der Waals surface area (Å²) < 4.78 is 0. The van der Waals surface area contributed by atoms with E-state index in [1.165, 1.54) is 4.90 Å². The summed E-state index contributed by atoms with van der Waals surface area (Å²) in [6.07, 6.45) is 0.804. The number of phenols is 1. The van der Waals surface area contributed by atoms with Crippen molar-refractivity contribution in [1.29, 1.82) is 0 Å². The molecule has 4 rings (SSSR count). The highest BCUT2D eigenvalue weighted by molar-refractivity contribution is 6.25. The number of aromatic hydroxyl groups is 1. The molecule has 3 aliphatic rings. The van der Waals surface area contributed by atoms with Crippen molar-refractivity contribution in [1.82, 2.24) is 9.80 Å². The van der Waals surface area contributed by atoms with Crippen LogP contribution < -0.4 is 10.6 Å². The van der Waals surface area contributed by atoms with E-state index in [-0.39, 0.29) is 41.7 Å². The smallest absolute Gasteiger partial charge is 0.255 e. The van der Waals surface area contributed by atoms with Gasteiger partial charge in [0.25, 0.3) is 5.91 Å². The molecule has 3 aliphatic carbocycles. The maximum absolute atomic E-state index is 14.1. The SMILES string of the molecule is CN(C)CCCC(=O)c1cc(N(C)C)c2c(c1O)C(=O)C1=C(O)C3(O)C(=O)C(C(N)=O)=C(O)[C@@H](N(C)C)C3CC1C2. The summed E-state index contributed by atoms with van der Waals surface area (Å²) in [4.78, 5) is 58.0. The van der Waals surface area contributed by atoms with Gasteiger partial charge in [-0.2, -0.15) is 0 Å². The van der Waals surface area contributed by atoms with Crippen LogP contribution in [-0.4, -0.2) is 114 Å². The number of Topliss-reactive ketones (excluding diaryl/α,β-unsaturated/α-hetero) is 3. The molecule has 6 N–H and O–H groups in total. The van der Waals surface area contributed by atoms with E-state index in [4.69, 9.17) is 5.73 Å². The van der Waals surface area contributed by atoms with Crippen molar-refractivity contribution in [3.8, 4) is 5.75 Å². The number of ketones is 3. The topological polar surface area (TPSA) is 185 Å². The highest BCUT2D eigenvalue weighted by atomic mass is 16.3. The Balaban J connectivity index is 1.90. The van der Waals surface area contributed by atoms with Crippen LogP contribution in [0.4, 0.5) is 5.69 Å². The summed E-state index contributed by atoms with van der Waals surface area (Å²) in [6.45, 7) is 0.651. The number of carbonyl (C=O) groups is 4. The number of hydrogen-bond acceptors (Lipinski definition) is 11. The van der Waals surface area contributed by atoms with Crippen LogP contribution in [0, 0.1) is 11.8 Å². The third-order valence-electron chi connectivity index (χ3n) is 8.49. The van der Waals surface area contributed by atoms with E-state index < -0.39 is 63.8 Å². The van der Waals surface area contributed by atoms with Gasteiger partial charge in [0.1, 0.15) is 22.8 Å². The molecule has 0 aliphatic heterocycles. The molecular formula is C29H38N4O8. The molecule has 12 nitrogen and oxygen atoms in total. The standard InChI is InChI=1S/C29H38N4O8/c1-31(2)9-7-8-18(34)15-12-17(32(3)4)14-10-13-11-16-22(33(5)6)25(37)21(28(30)40)27(39)29(16,41)26(38)19(13)24(36)20(14)23(15)35/h12-13,16,22,35,37-38,41H,7-11H2,1-6H3,(H2,30,40)/t13?,16?,22-,29?/m0/s1. The number of amides is 1. The van der Waals surface area contributed by atoms with Gasteiger partial charge in [0, 0.05) is 37.7 Å². The highest BCUT2D eigenvalue weighted by Crippen LogP contribution is 2.53. The van der Waals surface area contributed by atoms with E-state index in [1.807, 2.05) is 19.0 Å². The number of fused-ring (bicyclic) bond motifs is 3. The predicted octanol–water partition coefficient (Wildman–Crippen LogP) is 0.711. The van der Waals surface area contributed by atoms with E-state index in [9.17, 15) is 39.6 Å². The minimum absolute atomic E-state index is 0.00932. The second-order valence-corrected chi connectivity index (χ2v) is 11.8. The first-order chi connectivity index (χ1) is 19.0.